The van der Waals surface area contributed by atoms with Gasteiger partial charge >= 0.3 is 0 Å². The van der Waals surface area contributed by atoms with E-state index in [1.807, 2.05) is 0 Å². The Hall–Kier alpha value is -1.72. The smallest absolute Gasteiger partial charge is 0.226 e. The Labute approximate surface area is 100 Å². The third kappa shape index (κ3) is 9.22. The van der Waals surface area contributed by atoms with Crippen LogP contribution in [-0.4, -0.2) is 23.6 Å². The van der Waals surface area contributed by atoms with E-state index in [-0.39, 0.29) is 30.6 Å². The fraction of sp³-hybridized carbons (Fsp3) is 0.636. The molecular formula is C11H18N2O4. The van der Waals surface area contributed by atoms with E-state index in [0.717, 1.165) is 0 Å². The van der Waals surface area contributed by atoms with Crippen LogP contribution < -0.4 is 10.6 Å². The van der Waals surface area contributed by atoms with Crippen LogP contribution in [0.2, 0.25) is 0 Å². The number of hydrogen-bond donors (Lipinski definition) is 2. The molecule has 6 heteroatoms. The number of carbonyl (C=O) groups excluding carboxylic acids is 4. The molecule has 2 N–H and O–H groups in total. The van der Waals surface area contributed by atoms with Crippen LogP contribution in [0, 0.1) is 5.92 Å². The summed E-state index contributed by atoms with van der Waals surface area (Å²) in [5.74, 6) is -1.51. The summed E-state index contributed by atoms with van der Waals surface area (Å²) in [7, 11) is 0. The SMILES string of the molecule is CC(=O)NC(=O)CCC(C)CC(=O)NC(C)=O. The van der Waals surface area contributed by atoms with E-state index in [0.29, 0.717) is 6.42 Å². The van der Waals surface area contributed by atoms with E-state index in [4.69, 9.17) is 0 Å². The molecule has 0 heterocycles. The van der Waals surface area contributed by atoms with Gasteiger partial charge in [0.2, 0.25) is 23.6 Å². The number of hydrogen-bond acceptors (Lipinski definition) is 4. The van der Waals surface area contributed by atoms with Crippen molar-refractivity contribution in [2.75, 3.05) is 0 Å². The van der Waals surface area contributed by atoms with Crippen molar-refractivity contribution in [3.8, 4) is 0 Å². The first-order chi connectivity index (χ1) is 7.81. The van der Waals surface area contributed by atoms with Crippen LogP contribution in [0.25, 0.3) is 0 Å². The summed E-state index contributed by atoms with van der Waals surface area (Å²) in [6, 6.07) is 0. The lowest BCUT2D eigenvalue weighted by molar-refractivity contribution is -0.132. The second kappa shape index (κ2) is 7.54. The molecule has 96 valence electrons. The summed E-state index contributed by atoms with van der Waals surface area (Å²) in [6.07, 6.45) is 0.867. The fourth-order valence-electron chi connectivity index (χ4n) is 1.30. The van der Waals surface area contributed by atoms with E-state index in [9.17, 15) is 19.2 Å². The molecule has 0 bridgehead atoms. The third-order valence-corrected chi connectivity index (χ3v) is 2.03. The van der Waals surface area contributed by atoms with Gasteiger partial charge in [-0.1, -0.05) is 6.92 Å². The summed E-state index contributed by atoms with van der Waals surface area (Å²) in [5, 5.41) is 4.31. The highest BCUT2D eigenvalue weighted by Crippen LogP contribution is 2.09. The molecule has 0 rings (SSSR count). The van der Waals surface area contributed by atoms with E-state index in [1.165, 1.54) is 13.8 Å². The third-order valence-electron chi connectivity index (χ3n) is 2.03. The second-order valence-electron chi connectivity index (χ2n) is 4.06. The standard InChI is InChI=1S/C11H18N2O4/c1-7(6-11(17)13-9(3)15)4-5-10(16)12-8(2)14/h7H,4-6H2,1-3H3,(H,12,14,16)(H,13,15,17). The van der Waals surface area contributed by atoms with Gasteiger partial charge in [-0.15, -0.1) is 0 Å². The van der Waals surface area contributed by atoms with Gasteiger partial charge in [0.25, 0.3) is 0 Å². The van der Waals surface area contributed by atoms with Crippen molar-refractivity contribution in [2.24, 2.45) is 5.92 Å². The Bertz CT molecular complexity index is 325. The monoisotopic (exact) mass is 242 g/mol. The quantitative estimate of drug-likeness (QED) is 0.716. The first-order valence-corrected chi connectivity index (χ1v) is 5.42. The summed E-state index contributed by atoms with van der Waals surface area (Å²) < 4.78 is 0. The minimum Gasteiger partial charge on any atom is -0.297 e. The van der Waals surface area contributed by atoms with Gasteiger partial charge in [-0.3, -0.25) is 29.8 Å². The predicted octanol–water partition coefficient (Wildman–Crippen LogP) is 0.118. The molecule has 17 heavy (non-hydrogen) atoms. The molecule has 0 aliphatic heterocycles. The Morgan fingerprint density at radius 1 is 0.941 bits per heavy atom. The fourth-order valence-corrected chi connectivity index (χ4v) is 1.30. The summed E-state index contributed by atoms with van der Waals surface area (Å²) in [4.78, 5) is 43.5. The zero-order valence-electron chi connectivity index (χ0n) is 10.3. The van der Waals surface area contributed by atoms with Crippen LogP contribution in [-0.2, 0) is 19.2 Å². The lowest BCUT2D eigenvalue weighted by Crippen LogP contribution is -2.30. The van der Waals surface area contributed by atoms with Gasteiger partial charge in [0.15, 0.2) is 0 Å². The van der Waals surface area contributed by atoms with E-state index >= 15 is 0 Å². The van der Waals surface area contributed by atoms with Gasteiger partial charge in [0.05, 0.1) is 0 Å². The Morgan fingerprint density at radius 3 is 1.88 bits per heavy atom. The van der Waals surface area contributed by atoms with Crippen LogP contribution in [0.1, 0.15) is 40.0 Å². The molecule has 0 aromatic heterocycles. The average Bonchev–Trinajstić information content (AvgIpc) is 2.12. The highest BCUT2D eigenvalue weighted by atomic mass is 16.2. The molecule has 1 atom stereocenters. The van der Waals surface area contributed by atoms with Crippen molar-refractivity contribution >= 4 is 23.6 Å². The number of amides is 4. The normalized spacial score (nSPS) is 11.5. The highest BCUT2D eigenvalue weighted by Gasteiger charge is 2.12. The molecule has 0 spiro atoms. The molecule has 1 unspecified atom stereocenters. The number of nitrogens with one attached hydrogen (secondary N) is 2. The van der Waals surface area contributed by atoms with Gasteiger partial charge in [-0.25, -0.2) is 0 Å². The zero-order chi connectivity index (χ0) is 13.4. The van der Waals surface area contributed by atoms with Crippen molar-refractivity contribution < 1.29 is 19.2 Å². The van der Waals surface area contributed by atoms with Crippen LogP contribution in [0.15, 0.2) is 0 Å². The lowest BCUT2D eigenvalue weighted by Gasteiger charge is -2.09. The van der Waals surface area contributed by atoms with Gasteiger partial charge in [0, 0.05) is 26.7 Å². The van der Waals surface area contributed by atoms with Crippen LogP contribution in [0.5, 0.6) is 0 Å². The number of carbonyl (C=O) groups is 4. The van der Waals surface area contributed by atoms with Crippen molar-refractivity contribution in [3.63, 3.8) is 0 Å². The molecule has 0 aromatic rings. The molecule has 0 aromatic carbocycles. The van der Waals surface area contributed by atoms with E-state index in [1.54, 1.807) is 6.92 Å². The topological polar surface area (TPSA) is 92.3 Å². The molecule has 6 nitrogen and oxygen atoms in total. The first kappa shape index (κ1) is 15.3. The average molecular weight is 242 g/mol. The maximum absolute atomic E-state index is 11.2. The lowest BCUT2D eigenvalue weighted by atomic mass is 10.0. The Morgan fingerprint density at radius 2 is 1.41 bits per heavy atom. The molecule has 0 saturated carbocycles. The molecular weight excluding hydrogens is 224 g/mol. The van der Waals surface area contributed by atoms with Gasteiger partial charge in [-0.05, 0) is 12.3 Å². The van der Waals surface area contributed by atoms with Gasteiger partial charge < -0.3 is 0 Å². The Balaban J connectivity index is 3.83. The van der Waals surface area contributed by atoms with E-state index in [2.05, 4.69) is 10.6 Å². The minimum atomic E-state index is -0.392. The van der Waals surface area contributed by atoms with E-state index < -0.39 is 11.8 Å². The van der Waals surface area contributed by atoms with Crippen molar-refractivity contribution in [3.05, 3.63) is 0 Å². The van der Waals surface area contributed by atoms with Crippen molar-refractivity contribution in [2.45, 2.75) is 40.0 Å². The number of imide groups is 2. The Kier molecular flexibility index (Phi) is 6.77. The molecule has 0 fully saturated rings. The minimum absolute atomic E-state index is 0.0212. The van der Waals surface area contributed by atoms with Crippen LogP contribution in [0.3, 0.4) is 0 Å². The number of rotatable bonds is 5. The summed E-state index contributed by atoms with van der Waals surface area (Å²) >= 11 is 0. The molecule has 0 saturated heterocycles. The predicted molar refractivity (Wildman–Crippen MR) is 60.7 cm³/mol. The van der Waals surface area contributed by atoms with Gasteiger partial charge in [0.1, 0.15) is 0 Å². The van der Waals surface area contributed by atoms with Gasteiger partial charge in [-0.2, -0.15) is 0 Å². The molecule has 0 aliphatic rings. The molecule has 4 amide bonds. The molecule has 0 radical (unpaired) electrons. The molecule has 0 aliphatic carbocycles. The maximum atomic E-state index is 11.2. The highest BCUT2D eigenvalue weighted by molar-refractivity contribution is 5.94. The maximum Gasteiger partial charge on any atom is 0.226 e. The van der Waals surface area contributed by atoms with Crippen molar-refractivity contribution in [1.82, 2.24) is 10.6 Å². The zero-order valence-corrected chi connectivity index (χ0v) is 10.3. The second-order valence-corrected chi connectivity index (χ2v) is 4.06. The summed E-state index contributed by atoms with van der Waals surface area (Å²) in [6.45, 7) is 4.34. The van der Waals surface area contributed by atoms with Crippen LogP contribution >= 0.6 is 0 Å². The first-order valence-electron chi connectivity index (χ1n) is 5.42. The largest absolute Gasteiger partial charge is 0.297 e. The summed E-state index contributed by atoms with van der Waals surface area (Å²) in [5.41, 5.74) is 0. The van der Waals surface area contributed by atoms with Crippen LogP contribution in [0.4, 0.5) is 0 Å². The van der Waals surface area contributed by atoms with Crippen molar-refractivity contribution in [1.29, 1.82) is 0 Å².